The summed E-state index contributed by atoms with van der Waals surface area (Å²) < 4.78 is 10.2. The van der Waals surface area contributed by atoms with Gasteiger partial charge in [-0.15, -0.1) is 0 Å². The SMILES string of the molecule is COC1=C(OC)C(=O)c2c(Sc3cc(C)ccn3)cccc2C1=O. The van der Waals surface area contributed by atoms with Crippen LogP contribution in [-0.4, -0.2) is 30.8 Å². The number of hydrogen-bond donors (Lipinski definition) is 0. The fraction of sp³-hybridized carbons (Fsp3) is 0.167. The molecule has 0 spiro atoms. The molecule has 122 valence electrons. The third-order valence-corrected chi connectivity index (χ3v) is 4.62. The number of fused-ring (bicyclic) bond motifs is 1. The standard InChI is InChI=1S/C18H15NO4S/c1-10-7-8-19-13(9-10)24-12-6-4-5-11-14(12)16(21)18(23-3)17(22-2)15(11)20/h4-9H,1-3H3. The summed E-state index contributed by atoms with van der Waals surface area (Å²) in [6.45, 7) is 1.97. The molecule has 0 bridgehead atoms. The Morgan fingerprint density at radius 3 is 2.38 bits per heavy atom. The Kier molecular flexibility index (Phi) is 4.40. The van der Waals surface area contributed by atoms with Gasteiger partial charge in [-0.3, -0.25) is 9.59 Å². The first-order chi connectivity index (χ1) is 11.6. The van der Waals surface area contributed by atoms with E-state index in [-0.39, 0.29) is 23.1 Å². The average Bonchev–Trinajstić information content (AvgIpc) is 2.57. The lowest BCUT2D eigenvalue weighted by atomic mass is 9.92. The number of hydrogen-bond acceptors (Lipinski definition) is 6. The summed E-state index contributed by atoms with van der Waals surface area (Å²) in [6.07, 6.45) is 1.71. The maximum atomic E-state index is 12.8. The maximum Gasteiger partial charge on any atom is 0.233 e. The molecule has 1 aliphatic rings. The average molecular weight is 341 g/mol. The van der Waals surface area contributed by atoms with Crippen molar-refractivity contribution < 1.29 is 19.1 Å². The van der Waals surface area contributed by atoms with Gasteiger partial charge in [-0.1, -0.05) is 23.9 Å². The first-order valence-electron chi connectivity index (χ1n) is 7.22. The van der Waals surface area contributed by atoms with E-state index in [1.807, 2.05) is 19.1 Å². The largest absolute Gasteiger partial charge is 0.489 e. The molecule has 24 heavy (non-hydrogen) atoms. The molecular formula is C18H15NO4S. The number of aromatic nitrogens is 1. The lowest BCUT2D eigenvalue weighted by Crippen LogP contribution is -2.24. The highest BCUT2D eigenvalue weighted by molar-refractivity contribution is 7.99. The van der Waals surface area contributed by atoms with E-state index in [4.69, 9.17) is 9.47 Å². The molecule has 1 heterocycles. The van der Waals surface area contributed by atoms with E-state index in [0.717, 1.165) is 10.6 Å². The van der Waals surface area contributed by atoms with E-state index in [0.29, 0.717) is 16.0 Å². The van der Waals surface area contributed by atoms with Crippen molar-refractivity contribution in [3.05, 3.63) is 64.7 Å². The Bertz CT molecular complexity index is 873. The maximum absolute atomic E-state index is 12.8. The molecule has 0 radical (unpaired) electrons. The zero-order valence-corrected chi connectivity index (χ0v) is 14.3. The second-order valence-electron chi connectivity index (χ2n) is 5.18. The fourth-order valence-corrected chi connectivity index (χ4v) is 3.56. The zero-order valence-electron chi connectivity index (χ0n) is 13.5. The number of carbonyl (C=O) groups excluding carboxylic acids is 2. The second-order valence-corrected chi connectivity index (χ2v) is 6.24. The van der Waals surface area contributed by atoms with Crippen molar-refractivity contribution in [3.8, 4) is 0 Å². The number of rotatable bonds is 4. The molecule has 1 aliphatic carbocycles. The van der Waals surface area contributed by atoms with Crippen LogP contribution in [0.5, 0.6) is 0 Å². The number of pyridine rings is 1. The van der Waals surface area contributed by atoms with Crippen molar-refractivity contribution in [1.82, 2.24) is 4.98 Å². The van der Waals surface area contributed by atoms with Crippen molar-refractivity contribution in [2.75, 3.05) is 14.2 Å². The minimum atomic E-state index is -0.361. The van der Waals surface area contributed by atoms with Gasteiger partial charge in [-0.2, -0.15) is 0 Å². The van der Waals surface area contributed by atoms with E-state index in [9.17, 15) is 9.59 Å². The van der Waals surface area contributed by atoms with Crippen molar-refractivity contribution in [2.45, 2.75) is 16.8 Å². The number of carbonyl (C=O) groups is 2. The predicted molar refractivity (Wildman–Crippen MR) is 89.2 cm³/mol. The molecule has 0 saturated heterocycles. The van der Waals surface area contributed by atoms with Gasteiger partial charge in [0, 0.05) is 16.7 Å². The van der Waals surface area contributed by atoms with Crippen LogP contribution in [-0.2, 0) is 9.47 Å². The summed E-state index contributed by atoms with van der Waals surface area (Å²) >= 11 is 1.34. The Morgan fingerprint density at radius 1 is 1.00 bits per heavy atom. The Balaban J connectivity index is 2.11. The molecule has 1 aromatic carbocycles. The normalized spacial score (nSPS) is 13.8. The van der Waals surface area contributed by atoms with Gasteiger partial charge >= 0.3 is 0 Å². The quantitative estimate of drug-likeness (QED) is 0.849. The molecule has 0 saturated carbocycles. The summed E-state index contributed by atoms with van der Waals surface area (Å²) in [7, 11) is 2.70. The Morgan fingerprint density at radius 2 is 1.71 bits per heavy atom. The van der Waals surface area contributed by atoms with Gasteiger partial charge in [0.05, 0.1) is 19.8 Å². The van der Waals surface area contributed by atoms with Gasteiger partial charge in [0.25, 0.3) is 0 Å². The Labute approximate surface area is 143 Å². The number of benzene rings is 1. The number of ether oxygens (including phenoxy) is 2. The van der Waals surface area contributed by atoms with Gasteiger partial charge in [-0.05, 0) is 30.7 Å². The van der Waals surface area contributed by atoms with Crippen LogP contribution in [0.2, 0.25) is 0 Å². The van der Waals surface area contributed by atoms with Crippen molar-refractivity contribution in [3.63, 3.8) is 0 Å². The number of allylic oxidation sites excluding steroid dienone is 2. The van der Waals surface area contributed by atoms with Crippen LogP contribution in [0.15, 0.2) is 58.0 Å². The van der Waals surface area contributed by atoms with E-state index in [1.54, 1.807) is 24.4 Å². The molecule has 0 amide bonds. The van der Waals surface area contributed by atoms with Crippen LogP contribution in [0.25, 0.3) is 0 Å². The van der Waals surface area contributed by atoms with E-state index in [1.165, 1.54) is 26.0 Å². The van der Waals surface area contributed by atoms with Crippen LogP contribution in [0.4, 0.5) is 0 Å². The smallest absolute Gasteiger partial charge is 0.233 e. The molecule has 2 aromatic rings. The van der Waals surface area contributed by atoms with E-state index in [2.05, 4.69) is 4.98 Å². The molecule has 0 atom stereocenters. The minimum absolute atomic E-state index is 0.0640. The first kappa shape index (κ1) is 16.3. The first-order valence-corrected chi connectivity index (χ1v) is 8.03. The fourth-order valence-electron chi connectivity index (χ4n) is 2.53. The van der Waals surface area contributed by atoms with Crippen LogP contribution < -0.4 is 0 Å². The lowest BCUT2D eigenvalue weighted by molar-refractivity contribution is 0.0826. The number of Topliss-reactive ketones (excluding diaryl/α,β-unsaturated/α-hetero) is 2. The molecule has 0 fully saturated rings. The van der Waals surface area contributed by atoms with Gasteiger partial charge in [0.2, 0.25) is 23.1 Å². The topological polar surface area (TPSA) is 65.5 Å². The molecule has 5 nitrogen and oxygen atoms in total. The van der Waals surface area contributed by atoms with Crippen LogP contribution in [0.1, 0.15) is 26.3 Å². The van der Waals surface area contributed by atoms with Crippen LogP contribution >= 0.6 is 11.8 Å². The van der Waals surface area contributed by atoms with Crippen molar-refractivity contribution in [1.29, 1.82) is 0 Å². The van der Waals surface area contributed by atoms with Gasteiger partial charge in [0.15, 0.2) is 0 Å². The number of nitrogens with zero attached hydrogens (tertiary/aromatic N) is 1. The molecule has 0 unspecified atom stereocenters. The van der Waals surface area contributed by atoms with Crippen LogP contribution in [0.3, 0.4) is 0 Å². The van der Waals surface area contributed by atoms with Crippen LogP contribution in [0, 0.1) is 6.92 Å². The van der Waals surface area contributed by atoms with Gasteiger partial charge in [0.1, 0.15) is 5.03 Å². The van der Waals surface area contributed by atoms with Gasteiger partial charge < -0.3 is 9.47 Å². The second kappa shape index (κ2) is 6.49. The summed E-state index contributed by atoms with van der Waals surface area (Å²) in [5, 5.41) is 0.754. The predicted octanol–water partition coefficient (Wildman–Crippen LogP) is 3.42. The number of aryl methyl sites for hydroxylation is 1. The third-order valence-electron chi connectivity index (χ3n) is 3.63. The number of methoxy groups -OCH3 is 2. The highest BCUT2D eigenvalue weighted by atomic mass is 32.2. The van der Waals surface area contributed by atoms with Crippen molar-refractivity contribution in [2.24, 2.45) is 0 Å². The molecule has 3 rings (SSSR count). The van der Waals surface area contributed by atoms with E-state index < -0.39 is 0 Å². The molecular weight excluding hydrogens is 326 g/mol. The van der Waals surface area contributed by atoms with Crippen molar-refractivity contribution >= 4 is 23.3 Å². The Hall–Kier alpha value is -2.60. The zero-order chi connectivity index (χ0) is 17.3. The highest BCUT2D eigenvalue weighted by Gasteiger charge is 2.36. The molecule has 0 N–H and O–H groups in total. The summed E-state index contributed by atoms with van der Waals surface area (Å²) in [5.41, 5.74) is 1.71. The highest BCUT2D eigenvalue weighted by Crippen LogP contribution is 2.36. The third kappa shape index (κ3) is 2.69. The lowest BCUT2D eigenvalue weighted by Gasteiger charge is -2.20. The summed E-state index contributed by atoms with van der Waals surface area (Å²) in [6, 6.07) is 8.98. The molecule has 1 aromatic heterocycles. The minimum Gasteiger partial charge on any atom is -0.489 e. The summed E-state index contributed by atoms with van der Waals surface area (Å²) in [5.74, 6) is -0.852. The van der Waals surface area contributed by atoms with E-state index >= 15 is 0 Å². The number of ketones is 2. The molecule has 0 aliphatic heterocycles. The monoisotopic (exact) mass is 341 g/mol. The molecule has 6 heteroatoms. The van der Waals surface area contributed by atoms with Gasteiger partial charge in [-0.25, -0.2) is 4.98 Å². The summed E-state index contributed by atoms with van der Waals surface area (Å²) in [4.78, 5) is 30.3.